The van der Waals surface area contributed by atoms with Gasteiger partial charge in [-0.2, -0.15) is 0 Å². The molecule has 5 rings (SSSR count). The maximum atomic E-state index is 6.36. The molecule has 1 spiro atoms. The number of pyridine rings is 2. The summed E-state index contributed by atoms with van der Waals surface area (Å²) in [7, 11) is 0. The monoisotopic (exact) mass is 401 g/mol. The van der Waals surface area contributed by atoms with Crippen molar-refractivity contribution in [2.24, 2.45) is 0 Å². The van der Waals surface area contributed by atoms with Crippen molar-refractivity contribution >= 4 is 10.9 Å². The summed E-state index contributed by atoms with van der Waals surface area (Å²) in [5.74, 6) is 0. The second-order valence-electron chi connectivity index (χ2n) is 9.12. The lowest BCUT2D eigenvalue weighted by Gasteiger charge is -2.46. The topological polar surface area (TPSA) is 47.0 Å². The van der Waals surface area contributed by atoms with Crippen molar-refractivity contribution in [2.75, 3.05) is 13.2 Å². The number of aromatic nitrogens is 2. The molecule has 1 aromatic carbocycles. The molecule has 30 heavy (non-hydrogen) atoms. The maximum Gasteiger partial charge on any atom is 0.0702 e. The van der Waals surface area contributed by atoms with Crippen molar-refractivity contribution in [3.8, 4) is 0 Å². The van der Waals surface area contributed by atoms with E-state index in [0.29, 0.717) is 0 Å². The third kappa shape index (κ3) is 3.99. The number of para-hydroxylation sites is 1. The Morgan fingerprint density at radius 3 is 2.70 bits per heavy atom. The molecular formula is C26H31N3O. The summed E-state index contributed by atoms with van der Waals surface area (Å²) in [5, 5.41) is 4.88. The van der Waals surface area contributed by atoms with Crippen molar-refractivity contribution in [2.45, 2.75) is 62.5 Å². The zero-order valence-corrected chi connectivity index (χ0v) is 17.6. The lowest BCUT2D eigenvalue weighted by Crippen LogP contribution is -2.47. The Kier molecular flexibility index (Phi) is 5.53. The van der Waals surface area contributed by atoms with E-state index in [0.717, 1.165) is 44.5 Å². The standard InChI is InChI=1S/C26H31N3O/c1-2-8-23-22(7-1)17-21(19-29-23)18-27-15-12-25(24-9-3-6-14-28-24)13-16-30-26(20-25)10-4-5-11-26/h1-3,6-9,14,17,19,27H,4-5,10-13,15-16,18,20H2/t25-/m1/s1. The van der Waals surface area contributed by atoms with Crippen LogP contribution in [0.3, 0.4) is 0 Å². The largest absolute Gasteiger partial charge is 0.375 e. The number of nitrogens with one attached hydrogen (secondary N) is 1. The van der Waals surface area contributed by atoms with E-state index in [-0.39, 0.29) is 11.0 Å². The van der Waals surface area contributed by atoms with Gasteiger partial charge in [0, 0.05) is 42.0 Å². The zero-order chi connectivity index (χ0) is 20.3. The molecule has 0 amide bonds. The fraction of sp³-hybridized carbons (Fsp3) is 0.462. The van der Waals surface area contributed by atoms with Crippen LogP contribution in [0.25, 0.3) is 10.9 Å². The van der Waals surface area contributed by atoms with Crippen LogP contribution in [0.1, 0.15) is 56.2 Å². The lowest BCUT2D eigenvalue weighted by molar-refractivity contribution is -0.104. The van der Waals surface area contributed by atoms with Gasteiger partial charge in [-0.05, 0) is 68.5 Å². The lowest BCUT2D eigenvalue weighted by atomic mass is 9.68. The van der Waals surface area contributed by atoms with E-state index in [1.54, 1.807) is 0 Å². The molecule has 3 heterocycles. The summed E-state index contributed by atoms with van der Waals surface area (Å²) >= 11 is 0. The minimum absolute atomic E-state index is 0.0814. The molecule has 1 aliphatic carbocycles. The Hall–Kier alpha value is -2.30. The molecule has 3 aromatic rings. The summed E-state index contributed by atoms with van der Waals surface area (Å²) in [6.45, 7) is 2.67. The molecule has 156 valence electrons. The van der Waals surface area contributed by atoms with Crippen LogP contribution >= 0.6 is 0 Å². The van der Waals surface area contributed by atoms with Gasteiger partial charge in [0.05, 0.1) is 11.1 Å². The van der Waals surface area contributed by atoms with Crippen LogP contribution in [0.4, 0.5) is 0 Å². The van der Waals surface area contributed by atoms with Crippen molar-refractivity contribution in [1.82, 2.24) is 15.3 Å². The van der Waals surface area contributed by atoms with Crippen molar-refractivity contribution in [3.63, 3.8) is 0 Å². The smallest absolute Gasteiger partial charge is 0.0702 e. The molecule has 0 unspecified atom stereocenters. The van der Waals surface area contributed by atoms with Crippen LogP contribution in [0, 0.1) is 0 Å². The SMILES string of the molecule is c1ccc([C@]2(CCNCc3cnc4ccccc4c3)CCOC3(CCCC3)C2)nc1. The summed E-state index contributed by atoms with van der Waals surface area (Å²) in [5.41, 5.74) is 3.73. The van der Waals surface area contributed by atoms with Crippen molar-refractivity contribution in [3.05, 3.63) is 72.2 Å². The van der Waals surface area contributed by atoms with E-state index in [1.807, 2.05) is 24.5 Å². The number of nitrogens with zero attached hydrogens (tertiary/aromatic N) is 2. The summed E-state index contributed by atoms with van der Waals surface area (Å²) in [4.78, 5) is 9.40. The molecule has 1 saturated heterocycles. The van der Waals surface area contributed by atoms with Gasteiger partial charge >= 0.3 is 0 Å². The Labute approximate surface area is 179 Å². The van der Waals surface area contributed by atoms with Crippen molar-refractivity contribution in [1.29, 1.82) is 0 Å². The third-order valence-corrected chi connectivity index (χ3v) is 7.13. The molecule has 4 nitrogen and oxygen atoms in total. The van der Waals surface area contributed by atoms with E-state index in [1.165, 1.54) is 42.3 Å². The van der Waals surface area contributed by atoms with E-state index < -0.39 is 0 Å². The number of benzene rings is 1. The van der Waals surface area contributed by atoms with E-state index in [2.05, 4.69) is 46.7 Å². The number of rotatable bonds is 6. The van der Waals surface area contributed by atoms with Crippen LogP contribution in [-0.2, 0) is 16.7 Å². The van der Waals surface area contributed by atoms with Crippen LogP contribution in [0.2, 0.25) is 0 Å². The Balaban J connectivity index is 1.28. The molecule has 1 N–H and O–H groups in total. The molecule has 2 aliphatic rings. The predicted molar refractivity (Wildman–Crippen MR) is 120 cm³/mol. The van der Waals surface area contributed by atoms with Gasteiger partial charge in [0.15, 0.2) is 0 Å². The minimum Gasteiger partial charge on any atom is -0.375 e. The Bertz CT molecular complexity index is 984. The van der Waals surface area contributed by atoms with Crippen LogP contribution in [0.5, 0.6) is 0 Å². The first kappa shape index (κ1) is 19.7. The average Bonchev–Trinajstić information content (AvgIpc) is 3.24. The van der Waals surface area contributed by atoms with Crippen LogP contribution in [-0.4, -0.2) is 28.7 Å². The van der Waals surface area contributed by atoms with E-state index in [9.17, 15) is 0 Å². The highest BCUT2D eigenvalue weighted by molar-refractivity contribution is 5.78. The molecule has 4 heteroatoms. The number of ether oxygens (including phenoxy) is 1. The number of hydrogen-bond acceptors (Lipinski definition) is 4. The van der Waals surface area contributed by atoms with Crippen molar-refractivity contribution < 1.29 is 4.74 Å². The molecule has 1 saturated carbocycles. The van der Waals surface area contributed by atoms with Crippen LogP contribution < -0.4 is 5.32 Å². The minimum atomic E-state index is 0.0814. The third-order valence-electron chi connectivity index (χ3n) is 7.13. The van der Waals surface area contributed by atoms with Gasteiger partial charge in [-0.3, -0.25) is 9.97 Å². The highest BCUT2D eigenvalue weighted by Gasteiger charge is 2.48. The molecule has 1 atom stereocenters. The molecule has 0 bridgehead atoms. The van der Waals surface area contributed by atoms with Gasteiger partial charge in [-0.15, -0.1) is 0 Å². The number of hydrogen-bond donors (Lipinski definition) is 1. The number of fused-ring (bicyclic) bond motifs is 1. The van der Waals surface area contributed by atoms with Gasteiger partial charge in [0.2, 0.25) is 0 Å². The molecule has 2 aromatic heterocycles. The van der Waals surface area contributed by atoms with Gasteiger partial charge < -0.3 is 10.1 Å². The zero-order valence-electron chi connectivity index (χ0n) is 17.6. The predicted octanol–water partition coefficient (Wildman–Crippen LogP) is 5.17. The first-order valence-electron chi connectivity index (χ1n) is 11.4. The van der Waals surface area contributed by atoms with Gasteiger partial charge in [-0.25, -0.2) is 0 Å². The maximum absolute atomic E-state index is 6.36. The quantitative estimate of drug-likeness (QED) is 0.579. The van der Waals surface area contributed by atoms with E-state index >= 15 is 0 Å². The summed E-state index contributed by atoms with van der Waals surface area (Å²) < 4.78 is 6.36. The normalized spacial score (nSPS) is 23.2. The summed E-state index contributed by atoms with van der Waals surface area (Å²) in [6.07, 6.45) is 12.2. The molecule has 1 aliphatic heterocycles. The molecular weight excluding hydrogens is 370 g/mol. The Morgan fingerprint density at radius 2 is 1.83 bits per heavy atom. The Morgan fingerprint density at radius 1 is 0.967 bits per heavy atom. The van der Waals surface area contributed by atoms with Gasteiger partial charge in [0.1, 0.15) is 0 Å². The fourth-order valence-corrected chi connectivity index (χ4v) is 5.57. The fourth-order valence-electron chi connectivity index (χ4n) is 5.57. The van der Waals surface area contributed by atoms with Crippen LogP contribution in [0.15, 0.2) is 60.9 Å². The molecule has 2 fully saturated rings. The molecule has 0 radical (unpaired) electrons. The first-order chi connectivity index (χ1) is 14.8. The average molecular weight is 402 g/mol. The summed E-state index contributed by atoms with van der Waals surface area (Å²) in [6, 6.07) is 16.9. The highest BCUT2D eigenvalue weighted by Crippen LogP contribution is 2.49. The first-order valence-corrected chi connectivity index (χ1v) is 11.4. The second kappa shape index (κ2) is 8.44. The highest BCUT2D eigenvalue weighted by atomic mass is 16.5. The van der Waals surface area contributed by atoms with Gasteiger partial charge in [0.25, 0.3) is 0 Å². The van der Waals surface area contributed by atoms with Gasteiger partial charge in [-0.1, -0.05) is 37.1 Å². The van der Waals surface area contributed by atoms with E-state index in [4.69, 9.17) is 9.72 Å². The second-order valence-corrected chi connectivity index (χ2v) is 9.12.